The molecule has 5 aromatic heterocycles. The van der Waals surface area contributed by atoms with Gasteiger partial charge >= 0.3 is 0 Å². The monoisotopic (exact) mass is 741 g/mol. The van der Waals surface area contributed by atoms with E-state index < -0.39 is 0 Å². The van der Waals surface area contributed by atoms with E-state index in [1.807, 2.05) is 66.7 Å². The van der Waals surface area contributed by atoms with E-state index in [0.717, 1.165) is 60.9 Å². The number of hydrogen-bond acceptors (Lipinski definition) is 4. The van der Waals surface area contributed by atoms with Crippen molar-refractivity contribution in [2.24, 2.45) is 0 Å². The Kier molecular flexibility index (Phi) is 6.28. The molecule has 0 atom stereocenters. The van der Waals surface area contributed by atoms with Crippen LogP contribution in [0.5, 0.6) is 0 Å². The first kappa shape index (κ1) is 31.4. The SMILES string of the molecule is Cc1cc(-n2c3ccccc3c3c4c5cccc6c7ccccc7n(c4ccc32)c65)c2c(oc3ccccc32)c1-c1nc(-c2ccccc2)nc(-c2ccccc2)n1. The number of fused-ring (bicyclic) bond motifs is 13. The molecule has 58 heavy (non-hydrogen) atoms. The zero-order valence-corrected chi connectivity index (χ0v) is 31.3. The van der Waals surface area contributed by atoms with Crippen LogP contribution in [0.2, 0.25) is 0 Å². The Labute approximate surface area is 331 Å². The van der Waals surface area contributed by atoms with Crippen molar-refractivity contribution in [1.82, 2.24) is 23.9 Å². The molecule has 0 aliphatic rings. The third-order valence-electron chi connectivity index (χ3n) is 12.0. The summed E-state index contributed by atoms with van der Waals surface area (Å²) in [7, 11) is 0. The van der Waals surface area contributed by atoms with Crippen LogP contribution in [-0.2, 0) is 0 Å². The van der Waals surface area contributed by atoms with E-state index in [-0.39, 0.29) is 0 Å². The van der Waals surface area contributed by atoms with E-state index in [2.05, 4.69) is 119 Å². The van der Waals surface area contributed by atoms with Gasteiger partial charge < -0.3 is 13.4 Å². The summed E-state index contributed by atoms with van der Waals surface area (Å²) in [5, 5.41) is 9.60. The largest absolute Gasteiger partial charge is 0.455 e. The minimum atomic E-state index is 0.572. The van der Waals surface area contributed by atoms with Crippen LogP contribution in [0.25, 0.3) is 122 Å². The van der Waals surface area contributed by atoms with Crippen molar-refractivity contribution in [3.8, 4) is 39.9 Å². The number of nitrogens with zero attached hydrogens (tertiary/aromatic N) is 5. The fourth-order valence-corrected chi connectivity index (χ4v) is 9.62. The van der Waals surface area contributed by atoms with Gasteiger partial charge in [0.25, 0.3) is 0 Å². The van der Waals surface area contributed by atoms with Crippen LogP contribution in [0.3, 0.4) is 0 Å². The second-order valence-electron chi connectivity index (χ2n) is 15.2. The molecule has 0 aliphatic heterocycles. The van der Waals surface area contributed by atoms with Crippen molar-refractivity contribution in [3.05, 3.63) is 175 Å². The average molecular weight is 742 g/mol. The molecule has 0 unspecified atom stereocenters. The summed E-state index contributed by atoms with van der Waals surface area (Å²) >= 11 is 0. The summed E-state index contributed by atoms with van der Waals surface area (Å²) in [5.41, 5.74) is 12.3. The maximum absolute atomic E-state index is 6.94. The number of aromatic nitrogens is 5. The van der Waals surface area contributed by atoms with Crippen LogP contribution < -0.4 is 0 Å². The molecule has 6 nitrogen and oxygen atoms in total. The van der Waals surface area contributed by atoms with Crippen molar-refractivity contribution in [2.45, 2.75) is 6.92 Å². The lowest BCUT2D eigenvalue weighted by Crippen LogP contribution is -2.03. The third-order valence-corrected chi connectivity index (χ3v) is 12.0. The fraction of sp³-hybridized carbons (Fsp3) is 0.0192. The summed E-state index contributed by atoms with van der Waals surface area (Å²) in [4.78, 5) is 15.3. The first-order valence-corrected chi connectivity index (χ1v) is 19.6. The molecule has 0 bridgehead atoms. The zero-order chi connectivity index (χ0) is 38.1. The first-order valence-electron chi connectivity index (χ1n) is 19.6. The standard InChI is InChI=1S/C52H31N5O/c1-30-29-42(56-39-25-12-9-20-35(39)45-40(56)27-28-41-46(45)37-23-14-22-34-33-19-8-11-24-38(33)57(41)48(34)37)47-36-21-10-13-26-43(36)58-49(47)44(30)52-54-50(31-15-4-2-5-16-31)53-51(55-52)32-17-6-3-7-18-32/h2-29H,1H3. The van der Waals surface area contributed by atoms with Gasteiger partial charge in [-0.25, -0.2) is 15.0 Å². The molecular formula is C52H31N5O. The Bertz CT molecular complexity index is 3740. The molecule has 13 aromatic rings. The molecule has 5 heterocycles. The number of aryl methyl sites for hydroxylation is 1. The van der Waals surface area contributed by atoms with E-state index in [1.54, 1.807) is 0 Å². The van der Waals surface area contributed by atoms with Gasteiger partial charge in [0.15, 0.2) is 17.5 Å². The number of rotatable bonds is 4. The summed E-state index contributed by atoms with van der Waals surface area (Å²) < 4.78 is 11.8. The summed E-state index contributed by atoms with van der Waals surface area (Å²) in [6, 6.07) is 59.8. The Hall–Kier alpha value is -7.83. The lowest BCUT2D eigenvalue weighted by atomic mass is 10.0. The molecule has 13 rings (SSSR count). The molecule has 8 aromatic carbocycles. The van der Waals surface area contributed by atoms with Gasteiger partial charge in [0.1, 0.15) is 11.2 Å². The molecule has 0 aliphatic carbocycles. The minimum absolute atomic E-state index is 0.572. The van der Waals surface area contributed by atoms with Crippen molar-refractivity contribution in [2.75, 3.05) is 0 Å². The quantitative estimate of drug-likeness (QED) is 0.180. The molecule has 270 valence electrons. The highest BCUT2D eigenvalue weighted by molar-refractivity contribution is 6.33. The topological polar surface area (TPSA) is 61.2 Å². The lowest BCUT2D eigenvalue weighted by Gasteiger charge is -2.15. The van der Waals surface area contributed by atoms with Gasteiger partial charge in [0, 0.05) is 48.8 Å². The smallest absolute Gasteiger partial charge is 0.168 e. The summed E-state index contributed by atoms with van der Waals surface area (Å²) in [6.45, 7) is 2.14. The third kappa shape index (κ3) is 4.18. The van der Waals surface area contributed by atoms with Crippen molar-refractivity contribution in [3.63, 3.8) is 0 Å². The maximum atomic E-state index is 6.94. The average Bonchev–Trinajstić information content (AvgIpc) is 4.02. The number of benzene rings is 8. The molecule has 6 heteroatoms. The van der Waals surface area contributed by atoms with Crippen LogP contribution in [-0.4, -0.2) is 23.9 Å². The maximum Gasteiger partial charge on any atom is 0.168 e. The van der Waals surface area contributed by atoms with Crippen LogP contribution in [0.4, 0.5) is 0 Å². The number of furan rings is 1. The predicted octanol–water partition coefficient (Wildman–Crippen LogP) is 13.3. The van der Waals surface area contributed by atoms with Gasteiger partial charge in [-0.15, -0.1) is 0 Å². The Morgan fingerprint density at radius 2 is 1.00 bits per heavy atom. The molecule has 0 radical (unpaired) electrons. The van der Waals surface area contributed by atoms with Gasteiger partial charge in [-0.05, 0) is 48.9 Å². The second kappa shape index (κ2) is 11.6. The van der Waals surface area contributed by atoms with E-state index in [9.17, 15) is 0 Å². The number of hydrogen-bond donors (Lipinski definition) is 0. The lowest BCUT2D eigenvalue weighted by molar-refractivity contribution is 0.669. The second-order valence-corrected chi connectivity index (χ2v) is 15.2. The van der Waals surface area contributed by atoms with E-state index in [0.29, 0.717) is 17.5 Å². The summed E-state index contributed by atoms with van der Waals surface area (Å²) in [6.07, 6.45) is 0. The van der Waals surface area contributed by atoms with Crippen LogP contribution in [0.15, 0.2) is 174 Å². The van der Waals surface area contributed by atoms with Gasteiger partial charge in [0.05, 0.1) is 44.2 Å². The highest BCUT2D eigenvalue weighted by Gasteiger charge is 2.27. The van der Waals surface area contributed by atoms with E-state index in [1.165, 1.54) is 48.9 Å². The number of para-hydroxylation sites is 4. The Balaban J connectivity index is 1.15. The van der Waals surface area contributed by atoms with Crippen molar-refractivity contribution >= 4 is 81.8 Å². The molecule has 0 saturated heterocycles. The van der Waals surface area contributed by atoms with Crippen LogP contribution in [0, 0.1) is 6.92 Å². The molecular weight excluding hydrogens is 711 g/mol. The van der Waals surface area contributed by atoms with Gasteiger partial charge in [-0.2, -0.15) is 0 Å². The highest BCUT2D eigenvalue weighted by Crippen LogP contribution is 2.47. The van der Waals surface area contributed by atoms with Crippen LogP contribution in [0.1, 0.15) is 5.56 Å². The molecule has 0 amide bonds. The molecule has 0 spiro atoms. The summed E-state index contributed by atoms with van der Waals surface area (Å²) in [5.74, 6) is 1.80. The van der Waals surface area contributed by atoms with Gasteiger partial charge in [-0.1, -0.05) is 133 Å². The van der Waals surface area contributed by atoms with E-state index in [4.69, 9.17) is 19.4 Å². The highest BCUT2D eigenvalue weighted by atomic mass is 16.3. The normalized spacial score (nSPS) is 12.2. The van der Waals surface area contributed by atoms with Gasteiger partial charge in [0.2, 0.25) is 0 Å². The van der Waals surface area contributed by atoms with Crippen molar-refractivity contribution < 1.29 is 4.42 Å². The molecule has 0 saturated carbocycles. The minimum Gasteiger partial charge on any atom is -0.455 e. The Morgan fingerprint density at radius 1 is 0.431 bits per heavy atom. The van der Waals surface area contributed by atoms with Gasteiger partial charge in [-0.3, -0.25) is 0 Å². The molecule has 0 fully saturated rings. The first-order chi connectivity index (χ1) is 28.7. The predicted molar refractivity (Wildman–Crippen MR) is 237 cm³/mol. The van der Waals surface area contributed by atoms with Crippen molar-refractivity contribution in [1.29, 1.82) is 0 Å². The Morgan fingerprint density at radius 3 is 1.76 bits per heavy atom. The van der Waals surface area contributed by atoms with E-state index >= 15 is 0 Å². The fourth-order valence-electron chi connectivity index (χ4n) is 9.62. The molecule has 0 N–H and O–H groups in total. The zero-order valence-electron chi connectivity index (χ0n) is 31.3. The van der Waals surface area contributed by atoms with Crippen LogP contribution >= 0.6 is 0 Å².